The van der Waals surface area contributed by atoms with E-state index in [2.05, 4.69) is 41.1 Å². The SMILES string of the molecule is COCCCOc1cc(CC(CC(N=[N+]=[N-])C(O)CC(C(=O)NC2CCN(C)CC2)C(C)C)C(C)C)ccc1OC. The van der Waals surface area contributed by atoms with Crippen LogP contribution < -0.4 is 14.8 Å². The van der Waals surface area contributed by atoms with Crippen LogP contribution in [0, 0.1) is 23.7 Å². The van der Waals surface area contributed by atoms with Crippen molar-refractivity contribution in [1.82, 2.24) is 10.2 Å². The van der Waals surface area contributed by atoms with Gasteiger partial charge >= 0.3 is 0 Å². The molecule has 0 saturated carbocycles. The molecule has 10 heteroatoms. The van der Waals surface area contributed by atoms with Gasteiger partial charge in [-0.15, -0.1) is 0 Å². The lowest BCUT2D eigenvalue weighted by Crippen LogP contribution is -2.47. The number of likely N-dealkylation sites (tertiary alicyclic amines) is 1. The predicted molar refractivity (Wildman–Crippen MR) is 162 cm³/mol. The second-order valence-electron chi connectivity index (χ2n) is 12.1. The van der Waals surface area contributed by atoms with Gasteiger partial charge in [-0.25, -0.2) is 0 Å². The van der Waals surface area contributed by atoms with Crippen molar-refractivity contribution in [3.63, 3.8) is 0 Å². The second kappa shape index (κ2) is 18.1. The minimum absolute atomic E-state index is 0.0232. The lowest BCUT2D eigenvalue weighted by Gasteiger charge is -2.33. The number of rotatable bonds is 18. The first-order valence-electron chi connectivity index (χ1n) is 15.1. The number of nitrogens with zero attached hydrogens (tertiary/aromatic N) is 4. The maximum Gasteiger partial charge on any atom is 0.223 e. The number of nitrogens with one attached hydrogen (secondary N) is 1. The summed E-state index contributed by atoms with van der Waals surface area (Å²) < 4.78 is 16.6. The number of benzene rings is 1. The minimum Gasteiger partial charge on any atom is -0.493 e. The van der Waals surface area contributed by atoms with E-state index >= 15 is 0 Å². The molecule has 0 radical (unpaired) electrons. The second-order valence-corrected chi connectivity index (χ2v) is 12.1. The maximum absolute atomic E-state index is 13.2. The third kappa shape index (κ3) is 11.7. The molecule has 0 bridgehead atoms. The Balaban J connectivity index is 2.11. The van der Waals surface area contributed by atoms with Crippen molar-refractivity contribution in [3.8, 4) is 11.5 Å². The van der Waals surface area contributed by atoms with Gasteiger partial charge in [0.25, 0.3) is 0 Å². The number of ether oxygens (including phenoxy) is 3. The minimum atomic E-state index is -0.918. The molecule has 4 unspecified atom stereocenters. The molecule has 1 aromatic rings. The number of carbonyl (C=O) groups is 1. The predicted octanol–water partition coefficient (Wildman–Crippen LogP) is 5.23. The fraction of sp³-hybridized carbons (Fsp3) is 0.774. The Labute approximate surface area is 246 Å². The van der Waals surface area contributed by atoms with Crippen molar-refractivity contribution in [1.29, 1.82) is 0 Å². The quantitative estimate of drug-likeness (QED) is 0.107. The standard InChI is InChI=1S/C31H53N5O5/c1-21(2)24(17-23-9-10-29(40-7)30(18-23)41-16-8-15-39-6)19-27(34-35-32)28(37)20-26(22(3)4)31(38)33-25-11-13-36(5)14-12-25/h9-10,18,21-22,24-28,37H,8,11-17,19-20H2,1-7H3,(H,33,38). The molecule has 2 N–H and O–H groups in total. The normalized spacial score (nSPS) is 17.5. The van der Waals surface area contributed by atoms with E-state index in [-0.39, 0.29) is 42.0 Å². The summed E-state index contributed by atoms with van der Waals surface area (Å²) in [5.41, 5.74) is 10.4. The molecule has 0 spiro atoms. The van der Waals surface area contributed by atoms with E-state index in [9.17, 15) is 15.4 Å². The molecule has 4 atom stereocenters. The molecule has 0 aliphatic carbocycles. The van der Waals surface area contributed by atoms with Gasteiger partial charge in [-0.2, -0.15) is 0 Å². The molecular formula is C31H53N5O5. The van der Waals surface area contributed by atoms with Crippen molar-refractivity contribution in [2.75, 3.05) is 47.6 Å². The van der Waals surface area contributed by atoms with E-state index in [0.717, 1.165) is 44.3 Å². The third-order valence-corrected chi connectivity index (χ3v) is 8.31. The Bertz CT molecular complexity index is 960. The van der Waals surface area contributed by atoms with Gasteiger partial charge < -0.3 is 29.5 Å². The third-order valence-electron chi connectivity index (χ3n) is 8.31. The van der Waals surface area contributed by atoms with Crippen molar-refractivity contribution >= 4 is 5.91 Å². The topological polar surface area (TPSA) is 129 Å². The summed E-state index contributed by atoms with van der Waals surface area (Å²) >= 11 is 0. The van der Waals surface area contributed by atoms with E-state index < -0.39 is 12.1 Å². The Morgan fingerprint density at radius 3 is 2.41 bits per heavy atom. The molecule has 1 fully saturated rings. The molecule has 41 heavy (non-hydrogen) atoms. The van der Waals surface area contributed by atoms with Crippen LogP contribution in [0.2, 0.25) is 0 Å². The number of aliphatic hydroxyl groups excluding tert-OH is 1. The summed E-state index contributed by atoms with van der Waals surface area (Å²) in [6.45, 7) is 11.4. The number of piperidine rings is 1. The summed E-state index contributed by atoms with van der Waals surface area (Å²) in [5, 5.41) is 18.5. The van der Waals surface area contributed by atoms with Gasteiger partial charge in [0.2, 0.25) is 5.91 Å². The Kier molecular flexibility index (Phi) is 15.3. The van der Waals surface area contributed by atoms with Crippen LogP contribution in [0.15, 0.2) is 23.3 Å². The number of carbonyl (C=O) groups excluding carboxylic acids is 1. The fourth-order valence-corrected chi connectivity index (χ4v) is 5.46. The fourth-order valence-electron chi connectivity index (χ4n) is 5.46. The summed E-state index contributed by atoms with van der Waals surface area (Å²) in [4.78, 5) is 18.6. The monoisotopic (exact) mass is 575 g/mol. The van der Waals surface area contributed by atoms with Crippen molar-refractivity contribution in [2.24, 2.45) is 28.8 Å². The molecule has 1 heterocycles. The molecule has 2 rings (SSSR count). The number of amides is 1. The smallest absolute Gasteiger partial charge is 0.223 e. The average Bonchev–Trinajstić information content (AvgIpc) is 2.94. The van der Waals surface area contributed by atoms with Gasteiger partial charge in [0.15, 0.2) is 11.5 Å². The lowest BCUT2D eigenvalue weighted by molar-refractivity contribution is -0.128. The highest BCUT2D eigenvalue weighted by atomic mass is 16.5. The largest absolute Gasteiger partial charge is 0.493 e. The van der Waals surface area contributed by atoms with Crippen molar-refractivity contribution in [3.05, 3.63) is 34.2 Å². The first kappa shape index (κ1) is 34.7. The van der Waals surface area contributed by atoms with Crippen LogP contribution in [-0.4, -0.2) is 81.7 Å². The Hall–Kier alpha value is -2.52. The number of aliphatic hydroxyl groups is 1. The van der Waals surface area contributed by atoms with Gasteiger partial charge in [0, 0.05) is 37.0 Å². The molecule has 1 saturated heterocycles. The first-order chi connectivity index (χ1) is 19.6. The zero-order chi connectivity index (χ0) is 30.4. The summed E-state index contributed by atoms with van der Waals surface area (Å²) in [6, 6.07) is 5.47. The Morgan fingerprint density at radius 1 is 1.12 bits per heavy atom. The molecule has 1 aliphatic rings. The van der Waals surface area contributed by atoms with Crippen LogP contribution >= 0.6 is 0 Å². The van der Waals surface area contributed by atoms with E-state index in [4.69, 9.17) is 14.2 Å². The highest BCUT2D eigenvalue weighted by Gasteiger charge is 2.32. The zero-order valence-electron chi connectivity index (χ0n) is 26.2. The van der Waals surface area contributed by atoms with Crippen molar-refractivity contribution in [2.45, 2.75) is 84.4 Å². The average molecular weight is 576 g/mol. The van der Waals surface area contributed by atoms with E-state index in [1.807, 2.05) is 32.0 Å². The van der Waals surface area contributed by atoms with E-state index in [1.54, 1.807) is 14.2 Å². The molecule has 1 amide bonds. The van der Waals surface area contributed by atoms with Gasteiger partial charge in [-0.05, 0) is 93.2 Å². The molecule has 1 aliphatic heterocycles. The summed E-state index contributed by atoms with van der Waals surface area (Å²) in [7, 11) is 5.39. The van der Waals surface area contributed by atoms with Crippen LogP contribution in [0.5, 0.6) is 11.5 Å². The van der Waals surface area contributed by atoms with Crippen LogP contribution in [0.4, 0.5) is 0 Å². The highest BCUT2D eigenvalue weighted by Crippen LogP contribution is 2.32. The summed E-state index contributed by atoms with van der Waals surface area (Å²) in [6.07, 6.45) is 3.21. The van der Waals surface area contributed by atoms with Gasteiger partial charge in [-0.1, -0.05) is 38.9 Å². The zero-order valence-corrected chi connectivity index (χ0v) is 26.2. The molecule has 1 aromatic carbocycles. The number of azide groups is 1. The summed E-state index contributed by atoms with van der Waals surface area (Å²) in [5.74, 6) is 1.44. The highest BCUT2D eigenvalue weighted by molar-refractivity contribution is 5.79. The van der Waals surface area contributed by atoms with Gasteiger partial charge in [0.05, 0.1) is 25.9 Å². The van der Waals surface area contributed by atoms with Crippen LogP contribution in [-0.2, 0) is 16.0 Å². The van der Waals surface area contributed by atoms with E-state index in [1.165, 1.54) is 0 Å². The molecular weight excluding hydrogens is 522 g/mol. The van der Waals surface area contributed by atoms with Gasteiger partial charge in [0.1, 0.15) is 0 Å². The van der Waals surface area contributed by atoms with Gasteiger partial charge in [-0.3, -0.25) is 4.79 Å². The lowest BCUT2D eigenvalue weighted by atomic mass is 9.80. The number of methoxy groups -OCH3 is 2. The number of hydrogen-bond acceptors (Lipinski definition) is 7. The van der Waals surface area contributed by atoms with Crippen LogP contribution in [0.3, 0.4) is 0 Å². The maximum atomic E-state index is 13.2. The molecule has 10 nitrogen and oxygen atoms in total. The van der Waals surface area contributed by atoms with Crippen LogP contribution in [0.1, 0.15) is 65.4 Å². The van der Waals surface area contributed by atoms with Crippen molar-refractivity contribution < 1.29 is 24.1 Å². The first-order valence-corrected chi connectivity index (χ1v) is 15.1. The Morgan fingerprint density at radius 2 is 1.83 bits per heavy atom. The molecule has 0 aromatic heterocycles. The number of hydrogen-bond donors (Lipinski definition) is 2. The van der Waals surface area contributed by atoms with E-state index in [0.29, 0.717) is 31.1 Å². The van der Waals surface area contributed by atoms with Crippen LogP contribution in [0.25, 0.3) is 10.4 Å². The molecule has 232 valence electrons.